The summed E-state index contributed by atoms with van der Waals surface area (Å²) in [6, 6.07) is -0.117. The number of fused-ring (bicyclic) bond motifs is 1. The molecule has 4 heteroatoms. The normalized spacial score (nSPS) is 14.6. The second kappa shape index (κ2) is 1.91. The number of nitrogens with zero attached hydrogens (tertiary/aromatic N) is 1. The van der Waals surface area contributed by atoms with Crippen LogP contribution in [-0.2, 0) is 0 Å². The van der Waals surface area contributed by atoms with Gasteiger partial charge in [0.2, 0.25) is 0 Å². The van der Waals surface area contributed by atoms with Gasteiger partial charge in [0, 0.05) is 0 Å². The number of nitrogens with one attached hydrogen (secondary N) is 1. The lowest BCUT2D eigenvalue weighted by atomic mass is 10.4. The Hall–Kier alpha value is -1.16. The molecule has 0 aliphatic rings. The van der Waals surface area contributed by atoms with Gasteiger partial charge < -0.3 is 4.98 Å². The summed E-state index contributed by atoms with van der Waals surface area (Å²) in [6.07, 6.45) is -0.237. The molecular weight excluding hydrogens is 148 g/mol. The lowest BCUT2D eigenvalue weighted by Gasteiger charge is -1.82. The zero-order chi connectivity index (χ0) is 9.59. The predicted molar refractivity (Wildman–Crippen MR) is 40.2 cm³/mol. The Morgan fingerprint density at radius 3 is 3.60 bits per heavy atom. The van der Waals surface area contributed by atoms with Crippen LogP contribution in [0.2, 0.25) is 0 Å². The van der Waals surface area contributed by atoms with Gasteiger partial charge in [-0.25, -0.2) is 4.98 Å². The second-order valence-electron chi connectivity index (χ2n) is 1.69. The summed E-state index contributed by atoms with van der Waals surface area (Å²) >= 11 is 0.935. The lowest BCUT2D eigenvalue weighted by Crippen LogP contribution is -2.03. The van der Waals surface area contributed by atoms with Crippen molar-refractivity contribution in [2.75, 3.05) is 0 Å². The maximum atomic E-state index is 11.2. The molecule has 10 heavy (non-hydrogen) atoms. The Morgan fingerprint density at radius 2 is 2.70 bits per heavy atom. The van der Waals surface area contributed by atoms with Crippen molar-refractivity contribution in [3.63, 3.8) is 0 Å². The summed E-state index contributed by atoms with van der Waals surface area (Å²) < 4.78 is 21.8. The SMILES string of the molecule is [2H]c1nc2sc([2H])c([2H])c2c(=O)[nH]1. The highest BCUT2D eigenvalue weighted by Crippen LogP contribution is 2.11. The Bertz CT molecular complexity index is 532. The molecule has 0 unspecified atom stereocenters. The fourth-order valence-electron chi connectivity index (χ4n) is 0.654. The first-order chi connectivity index (χ1) is 6.09. The standard InChI is InChI=1S/C6H4N2OS/c9-5-4-1-2-10-6(4)8-3-7-5/h1-3H,(H,7,8,9)/i1D,2D,3D. The van der Waals surface area contributed by atoms with E-state index in [1.807, 2.05) is 0 Å². The van der Waals surface area contributed by atoms with Gasteiger partial charge in [-0.2, -0.15) is 0 Å². The molecule has 0 saturated heterocycles. The molecule has 0 saturated carbocycles. The predicted octanol–water partition coefficient (Wildman–Crippen LogP) is 0.985. The van der Waals surface area contributed by atoms with Gasteiger partial charge >= 0.3 is 0 Å². The van der Waals surface area contributed by atoms with E-state index >= 15 is 0 Å². The second-order valence-corrected chi connectivity index (χ2v) is 2.48. The summed E-state index contributed by atoms with van der Waals surface area (Å²) in [6.45, 7) is 0. The van der Waals surface area contributed by atoms with Crippen LogP contribution in [0.3, 0.4) is 0 Å². The van der Waals surface area contributed by atoms with Crippen LogP contribution in [0.15, 0.2) is 22.5 Å². The van der Waals surface area contributed by atoms with Gasteiger partial charge in [-0.05, 0) is 11.4 Å². The molecule has 0 atom stereocenters. The fourth-order valence-corrected chi connectivity index (χ4v) is 1.24. The number of thiophene rings is 1. The topological polar surface area (TPSA) is 45.8 Å². The van der Waals surface area contributed by atoms with Crippen LogP contribution < -0.4 is 5.56 Å². The summed E-state index contributed by atoms with van der Waals surface area (Å²) in [4.78, 5) is 17.4. The summed E-state index contributed by atoms with van der Waals surface area (Å²) in [7, 11) is 0. The molecule has 0 aromatic carbocycles. The van der Waals surface area contributed by atoms with Crippen LogP contribution in [0.5, 0.6) is 0 Å². The minimum atomic E-state index is -0.519. The first-order valence-electron chi connectivity index (χ1n) is 4.06. The number of aromatic nitrogens is 2. The van der Waals surface area contributed by atoms with E-state index in [0.717, 1.165) is 11.3 Å². The number of H-pyrrole nitrogens is 1. The zero-order valence-corrected chi connectivity index (χ0v) is 5.58. The van der Waals surface area contributed by atoms with Crippen molar-refractivity contribution in [2.24, 2.45) is 0 Å². The third-order valence-corrected chi connectivity index (χ3v) is 1.78. The Morgan fingerprint density at radius 1 is 1.80 bits per heavy atom. The minimum Gasteiger partial charge on any atom is -0.313 e. The highest BCUT2D eigenvalue weighted by molar-refractivity contribution is 7.16. The van der Waals surface area contributed by atoms with Gasteiger partial charge in [-0.15, -0.1) is 11.3 Å². The van der Waals surface area contributed by atoms with Crippen LogP contribution in [0.4, 0.5) is 0 Å². The molecule has 0 radical (unpaired) electrons. The number of hydrogen-bond acceptors (Lipinski definition) is 3. The third kappa shape index (κ3) is 0.657. The smallest absolute Gasteiger partial charge is 0.259 e. The molecule has 2 rings (SSSR count). The van der Waals surface area contributed by atoms with E-state index in [1.54, 1.807) is 0 Å². The van der Waals surface area contributed by atoms with Crippen LogP contribution >= 0.6 is 11.3 Å². The van der Waals surface area contributed by atoms with Gasteiger partial charge in [-0.3, -0.25) is 4.79 Å². The Balaban J connectivity index is 3.03. The van der Waals surface area contributed by atoms with Crippen molar-refractivity contribution >= 4 is 21.6 Å². The molecule has 2 aromatic rings. The van der Waals surface area contributed by atoms with Crippen molar-refractivity contribution in [3.05, 3.63) is 28.1 Å². The molecular formula is C6H4N2OS. The van der Waals surface area contributed by atoms with Gasteiger partial charge in [-0.1, -0.05) is 0 Å². The van der Waals surface area contributed by atoms with Crippen molar-refractivity contribution in [1.82, 2.24) is 9.97 Å². The zero-order valence-electron chi connectivity index (χ0n) is 7.76. The maximum Gasteiger partial charge on any atom is 0.259 e. The van der Waals surface area contributed by atoms with Crippen molar-refractivity contribution in [1.29, 1.82) is 0 Å². The summed E-state index contributed by atoms with van der Waals surface area (Å²) in [5.41, 5.74) is -0.519. The number of aromatic amines is 1. The molecule has 1 N–H and O–H groups in total. The average Bonchev–Trinajstić information content (AvgIpc) is 2.27. The summed E-state index contributed by atoms with van der Waals surface area (Å²) in [5, 5.41) is 0.101. The molecule has 0 aliphatic carbocycles. The van der Waals surface area contributed by atoms with E-state index in [4.69, 9.17) is 4.11 Å². The molecule has 50 valence electrons. The van der Waals surface area contributed by atoms with Gasteiger partial charge in [0.05, 0.1) is 14.4 Å². The molecule has 0 fully saturated rings. The Labute approximate surface area is 64.6 Å². The first kappa shape index (κ1) is 3.30. The average molecular weight is 155 g/mol. The number of hydrogen-bond donors (Lipinski definition) is 1. The van der Waals surface area contributed by atoms with E-state index in [2.05, 4.69) is 9.97 Å². The Kier molecular flexibility index (Phi) is 0.631. The molecule has 0 spiro atoms. The van der Waals surface area contributed by atoms with Gasteiger partial charge in [0.25, 0.3) is 5.56 Å². The molecule has 3 nitrogen and oxygen atoms in total. The molecule has 0 bridgehead atoms. The van der Waals surface area contributed by atoms with E-state index < -0.39 is 5.56 Å². The first-order valence-corrected chi connectivity index (χ1v) is 3.38. The minimum absolute atomic E-state index is 0.00130. The molecule has 2 heterocycles. The summed E-state index contributed by atoms with van der Waals surface area (Å²) in [5.74, 6) is 0. The highest BCUT2D eigenvalue weighted by Gasteiger charge is 1.96. The fraction of sp³-hybridized carbons (Fsp3) is 0. The highest BCUT2D eigenvalue weighted by atomic mass is 32.1. The van der Waals surface area contributed by atoms with E-state index in [9.17, 15) is 4.79 Å². The van der Waals surface area contributed by atoms with Gasteiger partial charge in [0.1, 0.15) is 6.20 Å². The van der Waals surface area contributed by atoms with Crippen LogP contribution in [0.25, 0.3) is 10.2 Å². The van der Waals surface area contributed by atoms with E-state index in [1.165, 1.54) is 0 Å². The molecule has 2 aromatic heterocycles. The van der Waals surface area contributed by atoms with Crippen LogP contribution in [-0.4, -0.2) is 9.97 Å². The monoisotopic (exact) mass is 155 g/mol. The quantitative estimate of drug-likeness (QED) is 0.616. The van der Waals surface area contributed by atoms with Crippen molar-refractivity contribution < 1.29 is 4.11 Å². The van der Waals surface area contributed by atoms with Crippen molar-refractivity contribution in [3.8, 4) is 0 Å². The molecule has 0 aliphatic heterocycles. The van der Waals surface area contributed by atoms with Crippen LogP contribution in [0, 0.1) is 0 Å². The van der Waals surface area contributed by atoms with E-state index in [-0.39, 0.29) is 27.9 Å². The van der Waals surface area contributed by atoms with Gasteiger partial charge in [0.15, 0.2) is 0 Å². The lowest BCUT2D eigenvalue weighted by molar-refractivity contribution is 1.18. The van der Waals surface area contributed by atoms with Crippen molar-refractivity contribution in [2.45, 2.75) is 0 Å². The maximum absolute atomic E-state index is 11.2. The third-order valence-electron chi connectivity index (χ3n) is 1.09. The van der Waals surface area contributed by atoms with Crippen LogP contribution in [0.1, 0.15) is 4.11 Å². The molecule has 0 amide bonds. The number of rotatable bonds is 0. The largest absolute Gasteiger partial charge is 0.313 e. The van der Waals surface area contributed by atoms with E-state index in [0.29, 0.717) is 0 Å².